The van der Waals surface area contributed by atoms with Crippen LogP contribution in [-0.4, -0.2) is 14.4 Å². The summed E-state index contributed by atoms with van der Waals surface area (Å²) in [5.74, 6) is 0. The van der Waals surface area contributed by atoms with Gasteiger partial charge in [0.2, 0.25) is 8.32 Å². The van der Waals surface area contributed by atoms with Gasteiger partial charge in [-0.05, 0) is 43.5 Å². The lowest BCUT2D eigenvalue weighted by Gasteiger charge is -2.22. The topological polar surface area (TPSA) is 9.23 Å². The monoisotopic (exact) mass is 276 g/mol. The van der Waals surface area contributed by atoms with Gasteiger partial charge in [-0.15, -0.1) is 0 Å². The molecule has 19 heavy (non-hydrogen) atoms. The Labute approximate surface area is 119 Å². The third-order valence-electron chi connectivity index (χ3n) is 2.99. The third-order valence-corrected chi connectivity index (χ3v) is 5.04. The van der Waals surface area contributed by atoms with Gasteiger partial charge < -0.3 is 4.43 Å². The quantitative estimate of drug-likeness (QED) is 0.690. The zero-order valence-electron chi connectivity index (χ0n) is 13.4. The van der Waals surface area contributed by atoms with E-state index in [-0.39, 0.29) is 5.41 Å². The molecular formula is C17H28OSi. The Kier molecular flexibility index (Phi) is 5.16. The molecule has 1 rings (SSSR count). The van der Waals surface area contributed by atoms with E-state index >= 15 is 0 Å². The second kappa shape index (κ2) is 6.06. The predicted molar refractivity (Wildman–Crippen MR) is 87.9 cm³/mol. The fourth-order valence-electron chi connectivity index (χ4n) is 2.04. The molecule has 0 aromatic heterocycles. The van der Waals surface area contributed by atoms with Gasteiger partial charge in [0, 0.05) is 6.10 Å². The molecule has 106 valence electrons. The van der Waals surface area contributed by atoms with Crippen molar-refractivity contribution in [3.63, 3.8) is 0 Å². The van der Waals surface area contributed by atoms with Crippen LogP contribution in [0.5, 0.6) is 0 Å². The van der Waals surface area contributed by atoms with Crippen LogP contribution in [0.25, 0.3) is 6.08 Å². The molecule has 0 atom stereocenters. The lowest BCUT2D eigenvalue weighted by atomic mass is 9.87. The Balaban J connectivity index is 2.78. The Morgan fingerprint density at radius 3 is 2.00 bits per heavy atom. The first-order valence-electron chi connectivity index (χ1n) is 7.08. The summed E-state index contributed by atoms with van der Waals surface area (Å²) in [6, 6.07) is 8.82. The second-order valence-corrected chi connectivity index (χ2v) is 10.8. The van der Waals surface area contributed by atoms with Crippen LogP contribution < -0.4 is 0 Å². The fourth-order valence-corrected chi connectivity index (χ4v) is 3.93. The standard InChI is InChI=1S/C17H28OSi/c1-14(2)18-19(6,7)13-12-15-8-10-16(11-9-15)17(3,4)5/h8-14H,1-7H3/b13-12+. The first kappa shape index (κ1) is 16.2. The van der Waals surface area contributed by atoms with Crippen molar-refractivity contribution in [1.82, 2.24) is 0 Å². The van der Waals surface area contributed by atoms with Crippen LogP contribution in [0.2, 0.25) is 13.1 Å². The van der Waals surface area contributed by atoms with Crippen molar-refractivity contribution in [3.05, 3.63) is 41.1 Å². The molecule has 1 aromatic rings. The summed E-state index contributed by atoms with van der Waals surface area (Å²) in [5.41, 5.74) is 5.11. The Morgan fingerprint density at radius 2 is 1.58 bits per heavy atom. The molecule has 2 heteroatoms. The summed E-state index contributed by atoms with van der Waals surface area (Å²) >= 11 is 0. The van der Waals surface area contributed by atoms with E-state index in [1.54, 1.807) is 0 Å². The van der Waals surface area contributed by atoms with Crippen LogP contribution >= 0.6 is 0 Å². The van der Waals surface area contributed by atoms with Crippen molar-refractivity contribution in [2.75, 3.05) is 0 Å². The van der Waals surface area contributed by atoms with Crippen molar-refractivity contribution < 1.29 is 4.43 Å². The smallest absolute Gasteiger partial charge is 0.211 e. The Hall–Kier alpha value is -0.863. The van der Waals surface area contributed by atoms with Gasteiger partial charge in [-0.2, -0.15) is 0 Å². The number of hydrogen-bond acceptors (Lipinski definition) is 1. The van der Waals surface area contributed by atoms with Crippen molar-refractivity contribution in [3.8, 4) is 0 Å². The maximum absolute atomic E-state index is 5.99. The van der Waals surface area contributed by atoms with Crippen LogP contribution in [0.4, 0.5) is 0 Å². The summed E-state index contributed by atoms with van der Waals surface area (Å²) in [7, 11) is -1.68. The van der Waals surface area contributed by atoms with E-state index in [1.807, 2.05) is 0 Å². The minimum absolute atomic E-state index is 0.219. The molecule has 0 N–H and O–H groups in total. The molecule has 0 aliphatic carbocycles. The van der Waals surface area contributed by atoms with E-state index in [0.717, 1.165) is 0 Å². The predicted octanol–water partition coefficient (Wildman–Crippen LogP) is 5.17. The van der Waals surface area contributed by atoms with Gasteiger partial charge in [-0.1, -0.05) is 56.8 Å². The van der Waals surface area contributed by atoms with E-state index in [4.69, 9.17) is 4.43 Å². The summed E-state index contributed by atoms with van der Waals surface area (Å²) in [6.07, 6.45) is 2.50. The number of rotatable bonds is 4. The Morgan fingerprint density at radius 1 is 1.05 bits per heavy atom. The maximum Gasteiger partial charge on any atom is 0.211 e. The summed E-state index contributed by atoms with van der Waals surface area (Å²) in [6.45, 7) is 15.4. The highest BCUT2D eigenvalue weighted by Gasteiger charge is 2.19. The molecule has 0 aliphatic heterocycles. The van der Waals surface area contributed by atoms with Crippen molar-refractivity contribution in [1.29, 1.82) is 0 Å². The van der Waals surface area contributed by atoms with Crippen LogP contribution in [-0.2, 0) is 9.84 Å². The molecular weight excluding hydrogens is 248 g/mol. The van der Waals surface area contributed by atoms with Crippen molar-refractivity contribution in [2.24, 2.45) is 0 Å². The van der Waals surface area contributed by atoms with E-state index in [9.17, 15) is 0 Å². The largest absolute Gasteiger partial charge is 0.411 e. The summed E-state index contributed by atoms with van der Waals surface area (Å²) in [4.78, 5) is 0. The molecule has 0 radical (unpaired) electrons. The number of benzene rings is 1. The molecule has 0 saturated carbocycles. The molecule has 0 fully saturated rings. The summed E-state index contributed by atoms with van der Waals surface area (Å²) < 4.78 is 5.99. The molecule has 0 aliphatic rings. The Bertz CT molecular complexity index is 422. The van der Waals surface area contributed by atoms with Gasteiger partial charge in [0.15, 0.2) is 0 Å². The number of hydrogen-bond donors (Lipinski definition) is 0. The molecule has 0 amide bonds. The van der Waals surface area contributed by atoms with Gasteiger partial charge in [0.1, 0.15) is 0 Å². The average molecular weight is 276 g/mol. The van der Waals surface area contributed by atoms with Gasteiger partial charge in [0.25, 0.3) is 0 Å². The highest BCUT2D eigenvalue weighted by molar-refractivity contribution is 6.76. The van der Waals surface area contributed by atoms with E-state index in [0.29, 0.717) is 6.10 Å². The lowest BCUT2D eigenvalue weighted by molar-refractivity contribution is 0.238. The molecule has 0 unspecified atom stereocenters. The molecule has 0 bridgehead atoms. The minimum Gasteiger partial charge on any atom is -0.411 e. The molecule has 0 saturated heterocycles. The molecule has 0 heterocycles. The van der Waals surface area contributed by atoms with E-state index in [1.165, 1.54) is 11.1 Å². The van der Waals surface area contributed by atoms with Crippen molar-refractivity contribution in [2.45, 2.75) is 59.2 Å². The zero-order valence-corrected chi connectivity index (χ0v) is 14.4. The SMILES string of the molecule is CC(C)O[Si](C)(C)/C=C/c1ccc(C(C)(C)C)cc1. The lowest BCUT2D eigenvalue weighted by Crippen LogP contribution is -2.31. The van der Waals surface area contributed by atoms with E-state index in [2.05, 4.69) is 83.8 Å². The first-order chi connectivity index (χ1) is 8.60. The minimum atomic E-state index is -1.68. The van der Waals surface area contributed by atoms with Crippen LogP contribution in [0, 0.1) is 0 Å². The highest BCUT2D eigenvalue weighted by atomic mass is 28.4. The van der Waals surface area contributed by atoms with Gasteiger partial charge in [-0.3, -0.25) is 0 Å². The van der Waals surface area contributed by atoms with Gasteiger partial charge >= 0.3 is 0 Å². The van der Waals surface area contributed by atoms with Crippen LogP contribution in [0.3, 0.4) is 0 Å². The normalized spacial score (nSPS) is 13.5. The highest BCUT2D eigenvalue weighted by Crippen LogP contribution is 2.22. The third kappa shape index (κ3) is 5.75. The maximum atomic E-state index is 5.99. The summed E-state index contributed by atoms with van der Waals surface area (Å²) in [5, 5.41) is 0. The van der Waals surface area contributed by atoms with Crippen molar-refractivity contribution >= 4 is 14.4 Å². The van der Waals surface area contributed by atoms with Crippen LogP contribution in [0.15, 0.2) is 30.0 Å². The average Bonchev–Trinajstić information content (AvgIpc) is 2.24. The fraction of sp³-hybridized carbons (Fsp3) is 0.529. The van der Waals surface area contributed by atoms with E-state index < -0.39 is 8.32 Å². The molecule has 1 aromatic carbocycles. The van der Waals surface area contributed by atoms with Gasteiger partial charge in [-0.25, -0.2) is 0 Å². The molecule has 1 nitrogen and oxygen atoms in total. The first-order valence-corrected chi connectivity index (χ1v) is 10.1. The molecule has 0 spiro atoms. The van der Waals surface area contributed by atoms with Crippen LogP contribution in [0.1, 0.15) is 45.7 Å². The zero-order chi connectivity index (χ0) is 14.7. The van der Waals surface area contributed by atoms with Gasteiger partial charge in [0.05, 0.1) is 0 Å². The second-order valence-electron chi connectivity index (χ2n) is 6.98.